The van der Waals surface area contributed by atoms with Crippen molar-refractivity contribution in [2.45, 2.75) is 13.5 Å². The lowest BCUT2D eigenvalue weighted by molar-refractivity contribution is 0.298. The molecule has 2 aromatic carbocycles. The highest BCUT2D eigenvalue weighted by atomic mass is 35.5. The lowest BCUT2D eigenvalue weighted by atomic mass is 10.2. The molecule has 0 aliphatic carbocycles. The summed E-state index contributed by atoms with van der Waals surface area (Å²) in [4.78, 5) is 0. The Balaban J connectivity index is 2.09. The van der Waals surface area contributed by atoms with Crippen LogP contribution in [-0.2, 0) is 6.61 Å². The van der Waals surface area contributed by atoms with Gasteiger partial charge in [-0.1, -0.05) is 23.7 Å². The SMILES string of the molecule is Cc1ccc(OCc2ccc(Cl)cc2F)cc1F. The number of halogens is 3. The van der Waals surface area contributed by atoms with Crippen molar-refractivity contribution in [3.63, 3.8) is 0 Å². The number of hydrogen-bond donors (Lipinski definition) is 0. The van der Waals surface area contributed by atoms with Crippen LogP contribution in [0.2, 0.25) is 5.02 Å². The van der Waals surface area contributed by atoms with Crippen LogP contribution >= 0.6 is 11.6 Å². The van der Waals surface area contributed by atoms with E-state index >= 15 is 0 Å². The second-order valence-corrected chi connectivity index (χ2v) is 4.37. The standard InChI is InChI=1S/C14H11ClF2O/c1-9-2-5-12(7-13(9)16)18-8-10-3-4-11(15)6-14(10)17/h2-7H,8H2,1H3. The van der Waals surface area contributed by atoms with Crippen LogP contribution < -0.4 is 4.74 Å². The van der Waals surface area contributed by atoms with Gasteiger partial charge in [0.2, 0.25) is 0 Å². The van der Waals surface area contributed by atoms with Crippen molar-refractivity contribution < 1.29 is 13.5 Å². The van der Waals surface area contributed by atoms with Crippen LogP contribution in [0, 0.1) is 18.6 Å². The first-order valence-electron chi connectivity index (χ1n) is 5.39. The number of hydrogen-bond acceptors (Lipinski definition) is 1. The van der Waals surface area contributed by atoms with Crippen molar-refractivity contribution in [3.05, 3.63) is 64.2 Å². The third kappa shape index (κ3) is 2.99. The molecule has 0 aliphatic rings. The van der Waals surface area contributed by atoms with Gasteiger partial charge in [-0.3, -0.25) is 0 Å². The molecule has 18 heavy (non-hydrogen) atoms. The molecule has 0 saturated heterocycles. The third-order valence-corrected chi connectivity index (χ3v) is 2.79. The Morgan fingerprint density at radius 3 is 2.50 bits per heavy atom. The van der Waals surface area contributed by atoms with Gasteiger partial charge < -0.3 is 4.74 Å². The van der Waals surface area contributed by atoms with E-state index in [-0.39, 0.29) is 12.4 Å². The summed E-state index contributed by atoms with van der Waals surface area (Å²) in [6.07, 6.45) is 0. The summed E-state index contributed by atoms with van der Waals surface area (Å²) in [7, 11) is 0. The molecule has 0 radical (unpaired) electrons. The molecule has 94 valence electrons. The van der Waals surface area contributed by atoms with E-state index in [0.29, 0.717) is 21.9 Å². The van der Waals surface area contributed by atoms with E-state index in [0.717, 1.165) is 0 Å². The molecule has 0 atom stereocenters. The van der Waals surface area contributed by atoms with Gasteiger partial charge >= 0.3 is 0 Å². The van der Waals surface area contributed by atoms with Crippen molar-refractivity contribution in [1.82, 2.24) is 0 Å². The molecule has 2 rings (SSSR count). The van der Waals surface area contributed by atoms with Crippen LogP contribution in [0.3, 0.4) is 0 Å². The van der Waals surface area contributed by atoms with Gasteiger partial charge in [0.1, 0.15) is 24.0 Å². The number of rotatable bonds is 3. The van der Waals surface area contributed by atoms with Crippen LogP contribution in [0.15, 0.2) is 36.4 Å². The predicted octanol–water partition coefficient (Wildman–Crippen LogP) is 4.51. The Bertz CT molecular complexity index is 570. The molecule has 0 saturated carbocycles. The van der Waals surface area contributed by atoms with Crippen LogP contribution in [-0.4, -0.2) is 0 Å². The number of aryl methyl sites for hydroxylation is 1. The summed E-state index contributed by atoms with van der Waals surface area (Å²) in [6.45, 7) is 1.70. The molecule has 1 nitrogen and oxygen atoms in total. The summed E-state index contributed by atoms with van der Waals surface area (Å²) >= 11 is 5.64. The average molecular weight is 269 g/mol. The number of ether oxygens (including phenoxy) is 1. The second kappa shape index (κ2) is 5.36. The molecule has 4 heteroatoms. The molecule has 0 fully saturated rings. The van der Waals surface area contributed by atoms with Crippen molar-refractivity contribution in [2.75, 3.05) is 0 Å². The van der Waals surface area contributed by atoms with Gasteiger partial charge in [-0.25, -0.2) is 8.78 Å². The van der Waals surface area contributed by atoms with Crippen molar-refractivity contribution in [3.8, 4) is 5.75 Å². The molecule has 0 spiro atoms. The molecular formula is C14H11ClF2O. The molecule has 0 bridgehead atoms. The minimum atomic E-state index is -0.435. The van der Waals surface area contributed by atoms with E-state index in [9.17, 15) is 8.78 Å². The lowest BCUT2D eigenvalue weighted by Gasteiger charge is -2.08. The molecule has 0 N–H and O–H groups in total. The van der Waals surface area contributed by atoms with Crippen molar-refractivity contribution in [1.29, 1.82) is 0 Å². The van der Waals surface area contributed by atoms with Gasteiger partial charge in [0.15, 0.2) is 0 Å². The maximum atomic E-state index is 13.5. The first-order valence-corrected chi connectivity index (χ1v) is 5.77. The Morgan fingerprint density at radius 2 is 1.83 bits per heavy atom. The zero-order valence-corrected chi connectivity index (χ0v) is 10.5. The minimum absolute atomic E-state index is 0.0332. The first-order chi connectivity index (χ1) is 8.56. The van der Waals surface area contributed by atoms with Crippen LogP contribution in [0.1, 0.15) is 11.1 Å². The summed E-state index contributed by atoms with van der Waals surface area (Å²) in [5.74, 6) is -0.411. The van der Waals surface area contributed by atoms with Gasteiger partial charge in [0.05, 0.1) is 0 Å². The fourth-order valence-corrected chi connectivity index (χ4v) is 1.62. The van der Waals surface area contributed by atoms with Gasteiger partial charge in [0, 0.05) is 16.7 Å². The quantitative estimate of drug-likeness (QED) is 0.796. The number of benzene rings is 2. The maximum absolute atomic E-state index is 13.5. The fraction of sp³-hybridized carbons (Fsp3) is 0.143. The van der Waals surface area contributed by atoms with E-state index in [1.807, 2.05) is 0 Å². The minimum Gasteiger partial charge on any atom is -0.489 e. The third-order valence-electron chi connectivity index (χ3n) is 2.55. The smallest absolute Gasteiger partial charge is 0.131 e. The summed E-state index contributed by atoms with van der Waals surface area (Å²) in [5, 5.41) is 0.331. The summed E-state index contributed by atoms with van der Waals surface area (Å²) < 4.78 is 32.0. The molecule has 0 aromatic heterocycles. The Labute approximate surface area is 109 Å². The predicted molar refractivity (Wildman–Crippen MR) is 66.9 cm³/mol. The van der Waals surface area contributed by atoms with Crippen molar-refractivity contribution >= 4 is 11.6 Å². The van der Waals surface area contributed by atoms with Gasteiger partial charge in [-0.05, 0) is 30.7 Å². The molecule has 0 amide bonds. The second-order valence-electron chi connectivity index (χ2n) is 3.94. The normalized spacial score (nSPS) is 10.4. The summed E-state index contributed by atoms with van der Waals surface area (Å²) in [6, 6.07) is 8.88. The summed E-state index contributed by atoms with van der Waals surface area (Å²) in [5.41, 5.74) is 0.917. The maximum Gasteiger partial charge on any atom is 0.131 e. The molecule has 0 heterocycles. The van der Waals surface area contributed by atoms with Crippen LogP contribution in [0.4, 0.5) is 8.78 Å². The Kier molecular flexibility index (Phi) is 3.82. The van der Waals surface area contributed by atoms with E-state index in [2.05, 4.69) is 0 Å². The highest BCUT2D eigenvalue weighted by Gasteiger charge is 2.05. The fourth-order valence-electron chi connectivity index (χ4n) is 1.46. The zero-order valence-electron chi connectivity index (χ0n) is 9.71. The highest BCUT2D eigenvalue weighted by molar-refractivity contribution is 6.30. The largest absolute Gasteiger partial charge is 0.489 e. The zero-order chi connectivity index (χ0) is 13.1. The van der Waals surface area contributed by atoms with Gasteiger partial charge in [0.25, 0.3) is 0 Å². The van der Waals surface area contributed by atoms with E-state index < -0.39 is 5.82 Å². The van der Waals surface area contributed by atoms with Crippen molar-refractivity contribution in [2.24, 2.45) is 0 Å². The monoisotopic (exact) mass is 268 g/mol. The van der Waals surface area contributed by atoms with Crippen LogP contribution in [0.5, 0.6) is 5.75 Å². The van der Waals surface area contributed by atoms with Crippen LogP contribution in [0.25, 0.3) is 0 Å². The lowest BCUT2D eigenvalue weighted by Crippen LogP contribution is -1.99. The first kappa shape index (κ1) is 12.8. The highest BCUT2D eigenvalue weighted by Crippen LogP contribution is 2.19. The molecule has 2 aromatic rings. The van der Waals surface area contributed by atoms with Gasteiger partial charge in [-0.15, -0.1) is 0 Å². The van der Waals surface area contributed by atoms with Gasteiger partial charge in [-0.2, -0.15) is 0 Å². The Morgan fingerprint density at radius 1 is 1.06 bits per heavy atom. The molecular weight excluding hydrogens is 258 g/mol. The Hall–Kier alpha value is -1.61. The molecule has 0 aliphatic heterocycles. The topological polar surface area (TPSA) is 9.23 Å². The van der Waals surface area contributed by atoms with E-state index in [1.165, 1.54) is 12.1 Å². The molecule has 0 unspecified atom stereocenters. The van der Waals surface area contributed by atoms with E-state index in [1.54, 1.807) is 31.2 Å². The van der Waals surface area contributed by atoms with E-state index in [4.69, 9.17) is 16.3 Å². The average Bonchev–Trinajstić information content (AvgIpc) is 2.32.